The number of rotatable bonds is 1. The molecule has 5 heteroatoms. The van der Waals surface area contributed by atoms with Crippen LogP contribution in [-0.4, -0.2) is 16.1 Å². The van der Waals surface area contributed by atoms with Crippen molar-refractivity contribution in [3.63, 3.8) is 0 Å². The van der Waals surface area contributed by atoms with Gasteiger partial charge in [0.2, 0.25) is 0 Å². The molecule has 1 heterocycles. The van der Waals surface area contributed by atoms with Gasteiger partial charge in [0, 0.05) is 5.38 Å². The van der Waals surface area contributed by atoms with E-state index < -0.39 is 5.97 Å². The van der Waals surface area contributed by atoms with Crippen molar-refractivity contribution in [1.82, 2.24) is 4.98 Å². The predicted molar refractivity (Wildman–Crippen MR) is 39.4 cm³/mol. The summed E-state index contributed by atoms with van der Waals surface area (Å²) in [6.07, 6.45) is 0. The number of carboxylic acid groups (broad SMARTS) is 1. The number of carbonyl (C=O) groups is 1. The van der Waals surface area contributed by atoms with Crippen molar-refractivity contribution in [2.24, 2.45) is 0 Å². The number of thiazole rings is 1. The smallest absolute Gasteiger partial charge is 0.355 e. The van der Waals surface area contributed by atoms with Gasteiger partial charge in [0.25, 0.3) is 0 Å². The molecule has 50 valence electrons. The van der Waals surface area contributed by atoms with Crippen LogP contribution in [0.5, 0.6) is 0 Å². The van der Waals surface area contributed by atoms with Crippen LogP contribution in [0.15, 0.2) is 10.9 Å². The molecule has 0 saturated heterocycles. The quantitative estimate of drug-likeness (QED) is 0.762. The van der Waals surface area contributed by atoms with Gasteiger partial charge in [0.1, 0.15) is 0 Å². The Morgan fingerprint density at radius 3 is 2.67 bits per heavy atom. The van der Waals surface area contributed by atoms with Crippen molar-refractivity contribution in [1.29, 1.82) is 0 Å². The normalized spacial score (nSPS) is 8.00. The molecule has 0 spiro atoms. The molecular formula is C4H4BrNO2S. The van der Waals surface area contributed by atoms with Crippen molar-refractivity contribution in [3.05, 3.63) is 16.6 Å². The minimum absolute atomic E-state index is 0. The summed E-state index contributed by atoms with van der Waals surface area (Å²) >= 11 is 1.28. The second-order valence-corrected chi connectivity index (χ2v) is 1.90. The number of aromatic nitrogens is 1. The lowest BCUT2D eigenvalue weighted by atomic mass is 10.5. The summed E-state index contributed by atoms with van der Waals surface area (Å²) in [4.78, 5) is 13.5. The zero-order valence-electron chi connectivity index (χ0n) is 4.27. The molecule has 0 aliphatic rings. The molecule has 0 unspecified atom stereocenters. The van der Waals surface area contributed by atoms with E-state index in [4.69, 9.17) is 5.11 Å². The highest BCUT2D eigenvalue weighted by Gasteiger charge is 2.00. The minimum Gasteiger partial charge on any atom is -0.476 e. The van der Waals surface area contributed by atoms with Gasteiger partial charge >= 0.3 is 5.97 Å². The Labute approximate surface area is 66.1 Å². The SMILES string of the molecule is Br.O=C(O)c1cscn1. The molecule has 0 aromatic carbocycles. The lowest BCUT2D eigenvalue weighted by Gasteiger charge is -1.77. The summed E-state index contributed by atoms with van der Waals surface area (Å²) in [6, 6.07) is 0. The Balaban J connectivity index is 0.000000640. The molecule has 0 aliphatic carbocycles. The second-order valence-electron chi connectivity index (χ2n) is 1.18. The molecule has 1 N–H and O–H groups in total. The van der Waals surface area contributed by atoms with Gasteiger partial charge in [-0.25, -0.2) is 9.78 Å². The summed E-state index contributed by atoms with van der Waals surface area (Å²) in [5, 5.41) is 9.71. The lowest BCUT2D eigenvalue weighted by molar-refractivity contribution is 0.0691. The van der Waals surface area contributed by atoms with E-state index in [1.807, 2.05) is 0 Å². The van der Waals surface area contributed by atoms with Crippen LogP contribution >= 0.6 is 28.3 Å². The van der Waals surface area contributed by atoms with Crippen molar-refractivity contribution in [2.75, 3.05) is 0 Å². The number of hydrogen-bond acceptors (Lipinski definition) is 3. The molecule has 1 rings (SSSR count). The number of nitrogens with zero attached hydrogens (tertiary/aromatic N) is 1. The van der Waals surface area contributed by atoms with E-state index in [1.165, 1.54) is 22.2 Å². The molecule has 0 fully saturated rings. The Bertz CT molecular complexity index is 186. The molecule has 0 saturated carbocycles. The van der Waals surface area contributed by atoms with Gasteiger partial charge in [-0.1, -0.05) is 0 Å². The highest BCUT2D eigenvalue weighted by molar-refractivity contribution is 8.93. The molecule has 0 atom stereocenters. The second kappa shape index (κ2) is 3.58. The third kappa shape index (κ3) is 2.11. The lowest BCUT2D eigenvalue weighted by Crippen LogP contribution is -1.94. The van der Waals surface area contributed by atoms with Crippen LogP contribution in [0.1, 0.15) is 10.5 Å². The first kappa shape index (κ1) is 8.58. The average molecular weight is 210 g/mol. The van der Waals surface area contributed by atoms with Gasteiger partial charge in [0.05, 0.1) is 5.51 Å². The first-order valence-electron chi connectivity index (χ1n) is 1.92. The van der Waals surface area contributed by atoms with E-state index >= 15 is 0 Å². The van der Waals surface area contributed by atoms with Crippen molar-refractivity contribution < 1.29 is 9.90 Å². The van der Waals surface area contributed by atoms with Crippen molar-refractivity contribution in [3.8, 4) is 0 Å². The van der Waals surface area contributed by atoms with E-state index in [1.54, 1.807) is 0 Å². The van der Waals surface area contributed by atoms with Crippen LogP contribution in [0.3, 0.4) is 0 Å². The maximum atomic E-state index is 10.0. The first-order chi connectivity index (χ1) is 3.80. The van der Waals surface area contributed by atoms with E-state index in [9.17, 15) is 4.79 Å². The molecule has 0 aliphatic heterocycles. The zero-order chi connectivity index (χ0) is 5.98. The third-order valence-electron chi connectivity index (χ3n) is 0.651. The van der Waals surface area contributed by atoms with Gasteiger partial charge in [-0.3, -0.25) is 0 Å². The molecule has 1 aromatic rings. The highest BCUT2D eigenvalue weighted by Crippen LogP contribution is 1.98. The van der Waals surface area contributed by atoms with Gasteiger partial charge in [-0.2, -0.15) is 0 Å². The fourth-order valence-corrected chi connectivity index (χ4v) is 0.844. The standard InChI is InChI=1S/C4H3NO2S.BrH/c6-4(7)3-1-8-2-5-3;/h1-2H,(H,6,7);1H. The van der Waals surface area contributed by atoms with E-state index in [2.05, 4.69) is 4.98 Å². The zero-order valence-corrected chi connectivity index (χ0v) is 6.80. The van der Waals surface area contributed by atoms with Gasteiger partial charge in [0.15, 0.2) is 5.69 Å². The van der Waals surface area contributed by atoms with Gasteiger partial charge < -0.3 is 5.11 Å². The fraction of sp³-hybridized carbons (Fsp3) is 0. The summed E-state index contributed by atoms with van der Waals surface area (Å²) in [5.41, 5.74) is 1.61. The van der Waals surface area contributed by atoms with Crippen LogP contribution in [0.4, 0.5) is 0 Å². The Hall–Kier alpha value is -0.420. The van der Waals surface area contributed by atoms with Crippen LogP contribution in [0, 0.1) is 0 Å². The highest BCUT2D eigenvalue weighted by atomic mass is 79.9. The Morgan fingerprint density at radius 1 is 1.78 bits per heavy atom. The number of carboxylic acids is 1. The largest absolute Gasteiger partial charge is 0.476 e. The average Bonchev–Trinajstić information content (AvgIpc) is 2.12. The van der Waals surface area contributed by atoms with Crippen molar-refractivity contribution in [2.45, 2.75) is 0 Å². The third-order valence-corrected chi connectivity index (χ3v) is 1.24. The molecular weight excluding hydrogens is 206 g/mol. The summed E-state index contributed by atoms with van der Waals surface area (Å²) < 4.78 is 0. The summed E-state index contributed by atoms with van der Waals surface area (Å²) in [6.45, 7) is 0. The fourth-order valence-electron chi connectivity index (χ4n) is 0.318. The molecule has 1 aromatic heterocycles. The molecule has 9 heavy (non-hydrogen) atoms. The molecule has 3 nitrogen and oxygen atoms in total. The topological polar surface area (TPSA) is 50.2 Å². The summed E-state index contributed by atoms with van der Waals surface area (Å²) in [5.74, 6) is -0.966. The monoisotopic (exact) mass is 209 g/mol. The van der Waals surface area contributed by atoms with E-state index in [-0.39, 0.29) is 22.7 Å². The van der Waals surface area contributed by atoms with Crippen LogP contribution in [0.25, 0.3) is 0 Å². The minimum atomic E-state index is -0.966. The number of hydrogen-bond donors (Lipinski definition) is 1. The number of halogens is 1. The molecule has 0 bridgehead atoms. The Morgan fingerprint density at radius 2 is 2.44 bits per heavy atom. The van der Waals surface area contributed by atoms with Gasteiger partial charge in [-0.15, -0.1) is 28.3 Å². The summed E-state index contributed by atoms with van der Waals surface area (Å²) in [7, 11) is 0. The van der Waals surface area contributed by atoms with Gasteiger partial charge in [-0.05, 0) is 0 Å². The predicted octanol–water partition coefficient (Wildman–Crippen LogP) is 1.42. The molecule has 0 amide bonds. The molecule has 0 radical (unpaired) electrons. The first-order valence-corrected chi connectivity index (χ1v) is 2.86. The van der Waals surface area contributed by atoms with Crippen LogP contribution in [-0.2, 0) is 0 Å². The van der Waals surface area contributed by atoms with E-state index in [0.717, 1.165) is 0 Å². The van der Waals surface area contributed by atoms with Crippen molar-refractivity contribution >= 4 is 34.3 Å². The van der Waals surface area contributed by atoms with Crippen LogP contribution in [0.2, 0.25) is 0 Å². The Kier molecular flexibility index (Phi) is 3.41. The maximum Gasteiger partial charge on any atom is 0.355 e. The number of aromatic carboxylic acids is 1. The van der Waals surface area contributed by atoms with Crippen LogP contribution < -0.4 is 0 Å². The maximum absolute atomic E-state index is 10.0. The van der Waals surface area contributed by atoms with E-state index in [0.29, 0.717) is 0 Å².